The van der Waals surface area contributed by atoms with Crippen LogP contribution in [0.2, 0.25) is 0 Å². The highest BCUT2D eigenvalue weighted by molar-refractivity contribution is 9.10. The molecule has 6 aromatic rings. The van der Waals surface area contributed by atoms with Crippen molar-refractivity contribution in [3.05, 3.63) is 93.3 Å². The predicted octanol–water partition coefficient (Wildman–Crippen LogP) is 6.17. The average Bonchev–Trinajstić information content (AvgIpc) is 3.54. The fourth-order valence-corrected chi connectivity index (χ4v) is 7.02. The molecule has 0 saturated carbocycles. The first-order chi connectivity index (χ1) is 21.0. The van der Waals surface area contributed by atoms with E-state index < -0.39 is 0 Å². The van der Waals surface area contributed by atoms with E-state index in [4.69, 9.17) is 4.98 Å². The van der Waals surface area contributed by atoms with Crippen molar-refractivity contribution in [1.82, 2.24) is 34.2 Å². The summed E-state index contributed by atoms with van der Waals surface area (Å²) < 4.78 is 5.10. The minimum absolute atomic E-state index is 0.0772. The highest BCUT2D eigenvalue weighted by Gasteiger charge is 2.26. The minimum Gasteiger partial charge on any atom is -0.343 e. The molecular weight excluding hydrogens is 626 g/mol. The zero-order chi connectivity index (χ0) is 29.3. The number of nitrogens with one attached hydrogen (secondary N) is 1. The highest BCUT2D eigenvalue weighted by atomic mass is 79.9. The van der Waals surface area contributed by atoms with E-state index in [9.17, 15) is 9.59 Å². The van der Waals surface area contributed by atoms with Gasteiger partial charge in [0.1, 0.15) is 5.52 Å². The monoisotopic (exact) mass is 655 g/mol. The summed E-state index contributed by atoms with van der Waals surface area (Å²) in [5.41, 5.74) is 5.57. The lowest BCUT2D eigenvalue weighted by Gasteiger charge is -2.32. The van der Waals surface area contributed by atoms with E-state index in [0.717, 1.165) is 62.6 Å². The summed E-state index contributed by atoms with van der Waals surface area (Å²) in [4.78, 5) is 35.4. The first-order valence-corrected chi connectivity index (χ1v) is 16.3. The van der Waals surface area contributed by atoms with E-state index in [0.29, 0.717) is 31.2 Å². The number of para-hydroxylation sites is 3. The molecule has 0 atom stereocenters. The molecule has 1 N–H and O–H groups in total. The van der Waals surface area contributed by atoms with E-state index in [-0.39, 0.29) is 17.6 Å². The van der Waals surface area contributed by atoms with Gasteiger partial charge >= 0.3 is 5.69 Å². The van der Waals surface area contributed by atoms with Crippen molar-refractivity contribution < 1.29 is 4.79 Å². The van der Waals surface area contributed by atoms with Gasteiger partial charge in [-0.1, -0.05) is 70.2 Å². The molecule has 43 heavy (non-hydrogen) atoms. The number of hydrogen-bond acceptors (Lipinski definition) is 6. The van der Waals surface area contributed by atoms with Crippen molar-refractivity contribution in [2.45, 2.75) is 43.4 Å². The number of benzene rings is 3. The van der Waals surface area contributed by atoms with Gasteiger partial charge in [-0.3, -0.25) is 9.36 Å². The molecule has 3 aromatic carbocycles. The second-order valence-electron chi connectivity index (χ2n) is 10.9. The fraction of sp³-hybridized carbons (Fsp3) is 0.281. The molecule has 0 spiro atoms. The van der Waals surface area contributed by atoms with E-state index in [1.807, 2.05) is 58.0 Å². The first-order valence-electron chi connectivity index (χ1n) is 14.5. The lowest BCUT2D eigenvalue weighted by Crippen LogP contribution is -2.40. The zero-order valence-electron chi connectivity index (χ0n) is 23.4. The molecule has 4 heterocycles. The van der Waals surface area contributed by atoms with Crippen LogP contribution in [0.15, 0.2) is 87.2 Å². The molecule has 0 bridgehead atoms. The largest absolute Gasteiger partial charge is 0.343 e. The number of aromatic nitrogens is 6. The van der Waals surface area contributed by atoms with Crippen LogP contribution in [0.3, 0.4) is 0 Å². The summed E-state index contributed by atoms with van der Waals surface area (Å²) in [6.07, 6.45) is 2.75. The van der Waals surface area contributed by atoms with Gasteiger partial charge in [-0.15, -0.1) is 10.2 Å². The fourth-order valence-electron chi connectivity index (χ4n) is 6.04. The Bertz CT molecular complexity index is 1990. The van der Waals surface area contributed by atoms with Crippen LogP contribution < -0.4 is 5.69 Å². The maximum atomic E-state index is 13.0. The maximum absolute atomic E-state index is 13.0. The summed E-state index contributed by atoms with van der Waals surface area (Å²) in [5.74, 6) is 0.891. The average molecular weight is 657 g/mol. The van der Waals surface area contributed by atoms with E-state index >= 15 is 0 Å². The van der Waals surface area contributed by atoms with Crippen molar-refractivity contribution in [2.75, 3.05) is 18.8 Å². The number of piperidine rings is 1. The quantitative estimate of drug-likeness (QED) is 0.155. The summed E-state index contributed by atoms with van der Waals surface area (Å²) >= 11 is 5.05. The Balaban J connectivity index is 0.970. The van der Waals surface area contributed by atoms with E-state index in [1.165, 1.54) is 17.3 Å². The van der Waals surface area contributed by atoms with Gasteiger partial charge in [0.05, 0.1) is 16.6 Å². The number of fused-ring (bicyclic) bond motifs is 4. The normalized spacial score (nSPS) is 14.3. The number of hydrogen-bond donors (Lipinski definition) is 1. The van der Waals surface area contributed by atoms with Gasteiger partial charge in [-0.25, -0.2) is 9.78 Å². The molecule has 1 fully saturated rings. The van der Waals surface area contributed by atoms with Crippen LogP contribution >= 0.6 is 27.7 Å². The number of carbonyl (C=O) groups excluding carboxylic acids is 1. The number of amides is 1. The van der Waals surface area contributed by atoms with Crippen LogP contribution in [0, 0.1) is 0 Å². The van der Waals surface area contributed by atoms with Crippen LogP contribution in [0.1, 0.15) is 37.3 Å². The lowest BCUT2D eigenvalue weighted by molar-refractivity contribution is -0.132. The summed E-state index contributed by atoms with van der Waals surface area (Å²) in [6, 6.07) is 24.4. The second-order valence-corrected chi connectivity index (χ2v) is 12.9. The third-order valence-corrected chi connectivity index (χ3v) is 9.63. The van der Waals surface area contributed by atoms with E-state index in [2.05, 4.69) is 59.9 Å². The van der Waals surface area contributed by atoms with Crippen LogP contribution in [0.25, 0.3) is 33.1 Å². The smallest absolute Gasteiger partial charge is 0.326 e. The van der Waals surface area contributed by atoms with Gasteiger partial charge in [-0.2, -0.15) is 0 Å². The van der Waals surface area contributed by atoms with Gasteiger partial charge < -0.3 is 14.5 Å². The number of thioether (sulfide) groups is 1. The number of H-pyrrole nitrogens is 1. The Morgan fingerprint density at radius 2 is 1.70 bits per heavy atom. The Morgan fingerprint density at radius 1 is 0.953 bits per heavy atom. The number of nitrogens with zero attached hydrogens (tertiary/aromatic N) is 6. The molecule has 7 rings (SSSR count). The van der Waals surface area contributed by atoms with Crippen molar-refractivity contribution in [3.8, 4) is 0 Å². The van der Waals surface area contributed by atoms with Gasteiger partial charge in [0.2, 0.25) is 11.1 Å². The summed E-state index contributed by atoms with van der Waals surface area (Å²) in [7, 11) is 0. The number of imidazole rings is 1. The Labute approximate surface area is 260 Å². The first kappa shape index (κ1) is 27.8. The van der Waals surface area contributed by atoms with Gasteiger partial charge in [0.25, 0.3) is 0 Å². The van der Waals surface area contributed by atoms with Crippen molar-refractivity contribution >= 4 is 66.7 Å². The van der Waals surface area contributed by atoms with Gasteiger partial charge in [0, 0.05) is 47.7 Å². The zero-order valence-corrected chi connectivity index (χ0v) is 25.9. The number of rotatable bonds is 8. The molecule has 1 aliphatic rings. The minimum atomic E-state index is -0.0772. The van der Waals surface area contributed by atoms with Crippen molar-refractivity contribution in [1.29, 1.82) is 0 Å². The Kier molecular flexibility index (Phi) is 7.75. The molecule has 1 amide bonds. The van der Waals surface area contributed by atoms with Crippen molar-refractivity contribution in [2.24, 2.45) is 0 Å². The Morgan fingerprint density at radius 3 is 2.51 bits per heavy atom. The van der Waals surface area contributed by atoms with Crippen LogP contribution in [-0.2, 0) is 11.3 Å². The molecule has 1 aliphatic heterocycles. The predicted molar refractivity (Wildman–Crippen MR) is 173 cm³/mol. The molecule has 218 valence electrons. The molecule has 1 saturated heterocycles. The molecule has 0 aliphatic carbocycles. The van der Waals surface area contributed by atoms with Gasteiger partial charge in [-0.05, 0) is 55.2 Å². The molecule has 11 heteroatoms. The molecular formula is C32H30BrN7O2S. The van der Waals surface area contributed by atoms with Gasteiger partial charge in [0.15, 0.2) is 5.65 Å². The Hall–Kier alpha value is -3.96. The molecule has 0 radical (unpaired) electrons. The third kappa shape index (κ3) is 5.59. The van der Waals surface area contributed by atoms with Crippen molar-refractivity contribution in [3.63, 3.8) is 0 Å². The molecule has 0 unspecified atom stereocenters. The number of likely N-dealkylation sites (tertiary alicyclic amines) is 1. The van der Waals surface area contributed by atoms with E-state index in [1.54, 1.807) is 0 Å². The van der Waals surface area contributed by atoms with Crippen LogP contribution in [-0.4, -0.2) is 58.9 Å². The third-order valence-electron chi connectivity index (χ3n) is 8.18. The standard InChI is InChI=1S/C32H30BrN7O2S/c33-22-13-11-21(12-14-22)20-39-26-8-3-1-6-24(26)29-30(39)35-31(37-36-29)43-19-5-10-28(41)38-17-15-23(16-18-38)40-27-9-4-2-7-25(27)34-32(40)42/h1-4,6-9,11-14,23H,5,10,15-20H2,(H,34,42). The van der Waals surface area contributed by atoms with Crippen LogP contribution in [0.5, 0.6) is 0 Å². The molecule has 9 nitrogen and oxygen atoms in total. The topological polar surface area (TPSA) is 102 Å². The SMILES string of the molecule is O=C(CCCSc1nnc2c3ccccc3n(Cc3ccc(Br)cc3)c2n1)N1CCC(n2c(=O)[nH]c3ccccc32)CC1. The number of aromatic amines is 1. The molecule has 3 aromatic heterocycles. The lowest BCUT2D eigenvalue weighted by atomic mass is 10.0. The maximum Gasteiger partial charge on any atom is 0.326 e. The summed E-state index contributed by atoms with van der Waals surface area (Å²) in [6.45, 7) is 2.00. The number of carbonyl (C=O) groups is 1. The second kappa shape index (κ2) is 12.0. The van der Waals surface area contributed by atoms with Crippen LogP contribution in [0.4, 0.5) is 0 Å². The highest BCUT2D eigenvalue weighted by Crippen LogP contribution is 2.29. The summed E-state index contributed by atoms with van der Waals surface area (Å²) in [5, 5.41) is 10.6. The number of halogens is 1.